The maximum Gasteiger partial charge on any atom is 0.407 e. The zero-order valence-electron chi connectivity index (χ0n) is 17.9. The molecule has 0 spiro atoms. The van der Waals surface area contributed by atoms with Crippen molar-refractivity contribution in [2.45, 2.75) is 56.2 Å². The number of aliphatic hydroxyl groups excluding tert-OH is 2. The Morgan fingerprint density at radius 3 is 2.34 bits per heavy atom. The number of aliphatic hydroxyl groups is 2. The van der Waals surface area contributed by atoms with Crippen molar-refractivity contribution in [1.82, 2.24) is 5.32 Å². The molecule has 8 nitrogen and oxygen atoms in total. The minimum Gasteiger partial charge on any atom is -0.449 e. The van der Waals surface area contributed by atoms with Crippen LogP contribution in [-0.2, 0) is 18.9 Å². The third-order valence-corrected chi connectivity index (χ3v) is 6.28. The van der Waals surface area contributed by atoms with Crippen LogP contribution in [0.1, 0.15) is 30.9 Å². The minimum atomic E-state index is -1.20. The van der Waals surface area contributed by atoms with Gasteiger partial charge in [0.25, 0.3) is 0 Å². The van der Waals surface area contributed by atoms with Gasteiger partial charge in [0.15, 0.2) is 12.1 Å². The van der Waals surface area contributed by atoms with Crippen LogP contribution in [0.25, 0.3) is 11.1 Å². The van der Waals surface area contributed by atoms with Crippen molar-refractivity contribution < 1.29 is 34.0 Å². The number of rotatable bonds is 5. The highest BCUT2D eigenvalue weighted by molar-refractivity contribution is 5.79. The molecule has 2 fully saturated rings. The first-order valence-electron chi connectivity index (χ1n) is 10.8. The Morgan fingerprint density at radius 1 is 1.09 bits per heavy atom. The molecule has 0 unspecified atom stereocenters. The highest BCUT2D eigenvalue weighted by Gasteiger charge is 2.57. The number of hydrogen-bond acceptors (Lipinski definition) is 7. The molecule has 2 aromatic rings. The Morgan fingerprint density at radius 2 is 1.72 bits per heavy atom. The van der Waals surface area contributed by atoms with Crippen LogP contribution < -0.4 is 5.32 Å². The first-order chi connectivity index (χ1) is 15.4. The zero-order chi connectivity index (χ0) is 22.5. The van der Waals surface area contributed by atoms with E-state index in [-0.39, 0.29) is 12.5 Å². The molecule has 3 aliphatic rings. The normalized spacial score (nSPS) is 28.6. The second-order valence-corrected chi connectivity index (χ2v) is 8.81. The van der Waals surface area contributed by atoms with Gasteiger partial charge in [-0.2, -0.15) is 0 Å². The van der Waals surface area contributed by atoms with Crippen molar-refractivity contribution >= 4 is 6.09 Å². The van der Waals surface area contributed by atoms with Gasteiger partial charge in [-0.1, -0.05) is 48.5 Å². The zero-order valence-corrected chi connectivity index (χ0v) is 17.9. The predicted molar refractivity (Wildman–Crippen MR) is 114 cm³/mol. The Hall–Kier alpha value is -2.49. The predicted octanol–water partition coefficient (Wildman–Crippen LogP) is 2.12. The van der Waals surface area contributed by atoms with Crippen molar-refractivity contribution in [3.8, 4) is 11.1 Å². The van der Waals surface area contributed by atoms with Crippen LogP contribution in [0.15, 0.2) is 48.5 Å². The summed E-state index contributed by atoms with van der Waals surface area (Å²) < 4.78 is 22.9. The third-order valence-electron chi connectivity index (χ3n) is 6.28. The number of ether oxygens (including phenoxy) is 4. The van der Waals surface area contributed by atoms with Gasteiger partial charge in [-0.25, -0.2) is 4.79 Å². The monoisotopic (exact) mass is 441 g/mol. The fraction of sp³-hybridized carbons (Fsp3) is 0.458. The van der Waals surface area contributed by atoms with Crippen molar-refractivity contribution in [3.63, 3.8) is 0 Å². The fourth-order valence-corrected chi connectivity index (χ4v) is 4.91. The second kappa shape index (κ2) is 8.13. The molecule has 0 bridgehead atoms. The van der Waals surface area contributed by atoms with E-state index in [1.54, 1.807) is 13.8 Å². The Balaban J connectivity index is 1.29. The van der Waals surface area contributed by atoms with Gasteiger partial charge >= 0.3 is 6.09 Å². The molecule has 3 N–H and O–H groups in total. The second-order valence-electron chi connectivity index (χ2n) is 8.81. The molecule has 170 valence electrons. The average molecular weight is 441 g/mol. The lowest BCUT2D eigenvalue weighted by Crippen LogP contribution is -2.52. The van der Waals surface area contributed by atoms with Gasteiger partial charge < -0.3 is 34.5 Å². The first kappa shape index (κ1) is 21.4. The number of alkyl carbamates (subject to hydrolysis) is 1. The summed E-state index contributed by atoms with van der Waals surface area (Å²) in [7, 11) is 0. The first-order valence-corrected chi connectivity index (χ1v) is 10.8. The van der Waals surface area contributed by atoms with E-state index < -0.39 is 49.1 Å². The van der Waals surface area contributed by atoms with Crippen LogP contribution in [-0.4, -0.2) is 66.0 Å². The van der Waals surface area contributed by atoms with Crippen LogP contribution in [0.3, 0.4) is 0 Å². The summed E-state index contributed by atoms with van der Waals surface area (Å²) >= 11 is 0. The SMILES string of the molecule is CC1(C)O[C@H]2O[C@H]([C@H](O)CO)[C@@H](NC(=O)OCC3c4ccccc4-c4ccccc43)[C@H]2O1. The molecular weight excluding hydrogens is 414 g/mol. The number of nitrogens with one attached hydrogen (secondary N) is 1. The summed E-state index contributed by atoms with van der Waals surface area (Å²) in [4.78, 5) is 12.8. The number of amides is 1. The molecule has 8 heteroatoms. The quantitative estimate of drug-likeness (QED) is 0.653. The number of carbonyl (C=O) groups is 1. The lowest BCUT2D eigenvalue weighted by Gasteiger charge is -2.28. The van der Waals surface area contributed by atoms with Gasteiger partial charge in [-0.3, -0.25) is 0 Å². The number of carbonyl (C=O) groups excluding carboxylic acids is 1. The van der Waals surface area contributed by atoms with Crippen LogP contribution in [0.2, 0.25) is 0 Å². The Bertz CT molecular complexity index is 964. The van der Waals surface area contributed by atoms with Crippen molar-refractivity contribution in [2.24, 2.45) is 0 Å². The third kappa shape index (κ3) is 3.68. The van der Waals surface area contributed by atoms with Crippen molar-refractivity contribution in [3.05, 3.63) is 59.7 Å². The van der Waals surface area contributed by atoms with Gasteiger partial charge in [-0.05, 0) is 36.1 Å². The van der Waals surface area contributed by atoms with E-state index in [0.29, 0.717) is 0 Å². The molecule has 5 atom stereocenters. The molecule has 1 amide bonds. The molecule has 0 radical (unpaired) electrons. The Labute approximate surface area is 186 Å². The van der Waals surface area contributed by atoms with E-state index in [1.807, 2.05) is 24.3 Å². The maximum atomic E-state index is 12.8. The van der Waals surface area contributed by atoms with Crippen LogP contribution in [0.5, 0.6) is 0 Å². The van der Waals surface area contributed by atoms with Gasteiger partial charge in [0.05, 0.1) is 12.6 Å². The molecular formula is C24H27NO7. The summed E-state index contributed by atoms with van der Waals surface area (Å²) in [6.45, 7) is 3.14. The van der Waals surface area contributed by atoms with E-state index in [1.165, 1.54) is 0 Å². The number of hydrogen-bond donors (Lipinski definition) is 3. The number of fused-ring (bicyclic) bond motifs is 4. The molecule has 32 heavy (non-hydrogen) atoms. The summed E-state index contributed by atoms with van der Waals surface area (Å²) in [6.07, 6.45) is -4.11. The lowest BCUT2D eigenvalue weighted by molar-refractivity contribution is -0.218. The summed E-state index contributed by atoms with van der Waals surface area (Å²) in [5.74, 6) is -0.949. The number of benzene rings is 2. The molecule has 2 aromatic carbocycles. The standard InChI is InChI=1S/C24H27NO7/c1-24(2)31-21-19(20(18(27)11-26)30-22(21)32-24)25-23(28)29-12-17-15-9-5-3-7-13(15)14-8-4-6-10-16(14)17/h3-10,17-22,26-27H,11-12H2,1-2H3,(H,25,28)/t18-,19-,20-,21-,22-/m1/s1. The molecule has 0 saturated carbocycles. The summed E-state index contributed by atoms with van der Waals surface area (Å²) in [5.41, 5.74) is 4.53. The summed E-state index contributed by atoms with van der Waals surface area (Å²) in [5, 5.41) is 22.3. The molecule has 2 saturated heterocycles. The van der Waals surface area contributed by atoms with Crippen molar-refractivity contribution in [1.29, 1.82) is 0 Å². The fourth-order valence-electron chi connectivity index (χ4n) is 4.91. The minimum absolute atomic E-state index is 0.0652. The van der Waals surface area contributed by atoms with Crippen molar-refractivity contribution in [2.75, 3.05) is 13.2 Å². The van der Waals surface area contributed by atoms with E-state index in [9.17, 15) is 15.0 Å². The molecule has 5 rings (SSSR count). The van der Waals surface area contributed by atoms with E-state index in [2.05, 4.69) is 29.6 Å². The molecule has 2 aliphatic heterocycles. The van der Waals surface area contributed by atoms with Gasteiger partial charge in [-0.15, -0.1) is 0 Å². The van der Waals surface area contributed by atoms with E-state index in [4.69, 9.17) is 18.9 Å². The van der Waals surface area contributed by atoms with Crippen LogP contribution in [0, 0.1) is 0 Å². The van der Waals surface area contributed by atoms with Crippen LogP contribution in [0.4, 0.5) is 4.79 Å². The van der Waals surface area contributed by atoms with E-state index in [0.717, 1.165) is 22.3 Å². The summed E-state index contributed by atoms with van der Waals surface area (Å²) in [6, 6.07) is 15.5. The maximum absolute atomic E-state index is 12.8. The van der Waals surface area contributed by atoms with E-state index >= 15 is 0 Å². The molecule has 1 aliphatic carbocycles. The Kier molecular flexibility index (Phi) is 5.43. The highest BCUT2D eigenvalue weighted by Crippen LogP contribution is 2.44. The van der Waals surface area contributed by atoms with Gasteiger partial charge in [0.2, 0.25) is 0 Å². The molecule has 2 heterocycles. The van der Waals surface area contributed by atoms with Gasteiger partial charge in [0.1, 0.15) is 24.9 Å². The van der Waals surface area contributed by atoms with Gasteiger partial charge in [0, 0.05) is 5.92 Å². The topological polar surface area (TPSA) is 106 Å². The molecule has 0 aromatic heterocycles. The lowest BCUT2D eigenvalue weighted by atomic mass is 9.98. The van der Waals surface area contributed by atoms with Crippen LogP contribution >= 0.6 is 0 Å². The smallest absolute Gasteiger partial charge is 0.407 e. The largest absolute Gasteiger partial charge is 0.449 e. The highest BCUT2D eigenvalue weighted by atomic mass is 16.8. The average Bonchev–Trinajstić information content (AvgIpc) is 3.38.